The van der Waals surface area contributed by atoms with E-state index >= 15 is 0 Å². The van der Waals surface area contributed by atoms with E-state index in [0.29, 0.717) is 18.1 Å². The number of nitrogens with zero attached hydrogens (tertiary/aromatic N) is 3. The number of aromatic nitrogens is 1. The predicted molar refractivity (Wildman–Crippen MR) is 84.9 cm³/mol. The zero-order chi connectivity index (χ0) is 15.3. The van der Waals surface area contributed by atoms with Gasteiger partial charge in [-0.15, -0.1) is 11.3 Å². The number of piperidine rings is 1. The second kappa shape index (κ2) is 5.21. The molecule has 0 radical (unpaired) electrons. The highest BCUT2D eigenvalue weighted by atomic mass is 35.5. The zero-order valence-electron chi connectivity index (χ0n) is 11.8. The standard InChI is InChI=1S/C15H14ClN3O2S/c16-10-4-5-17-11-7-9(22-13(10)11)8-19-14(20)12-3-1-2-6-18(12)15(19)21/h4-5,7,12H,1-3,6,8H2. The zero-order valence-corrected chi connectivity index (χ0v) is 13.4. The molecule has 1 atom stereocenters. The lowest BCUT2D eigenvalue weighted by Crippen LogP contribution is -2.38. The van der Waals surface area contributed by atoms with Gasteiger partial charge in [0, 0.05) is 17.6 Å². The summed E-state index contributed by atoms with van der Waals surface area (Å²) < 4.78 is 0.899. The SMILES string of the molecule is O=C1C2CCCCN2C(=O)N1Cc1cc2nccc(Cl)c2s1. The third kappa shape index (κ3) is 2.09. The van der Waals surface area contributed by atoms with E-state index in [1.807, 2.05) is 6.07 Å². The van der Waals surface area contributed by atoms with Crippen molar-refractivity contribution in [3.05, 3.63) is 28.2 Å². The van der Waals surface area contributed by atoms with Crippen LogP contribution in [-0.2, 0) is 11.3 Å². The van der Waals surface area contributed by atoms with Crippen LogP contribution < -0.4 is 0 Å². The summed E-state index contributed by atoms with van der Waals surface area (Å²) in [6, 6.07) is 3.24. The number of fused-ring (bicyclic) bond motifs is 2. The number of rotatable bonds is 2. The molecule has 7 heteroatoms. The number of halogens is 1. The van der Waals surface area contributed by atoms with E-state index in [1.54, 1.807) is 17.2 Å². The minimum atomic E-state index is -0.252. The highest BCUT2D eigenvalue weighted by molar-refractivity contribution is 7.19. The smallest absolute Gasteiger partial charge is 0.312 e. The fraction of sp³-hybridized carbons (Fsp3) is 0.400. The molecule has 0 aliphatic carbocycles. The summed E-state index contributed by atoms with van der Waals surface area (Å²) in [5, 5.41) is 0.651. The number of urea groups is 1. The molecule has 5 nitrogen and oxygen atoms in total. The second-order valence-electron chi connectivity index (χ2n) is 5.63. The lowest BCUT2D eigenvalue weighted by atomic mass is 10.0. The van der Waals surface area contributed by atoms with Gasteiger partial charge in [0.25, 0.3) is 5.91 Å². The maximum Gasteiger partial charge on any atom is 0.327 e. The van der Waals surface area contributed by atoms with Crippen molar-refractivity contribution in [1.29, 1.82) is 0 Å². The number of carbonyl (C=O) groups excluding carboxylic acids is 2. The van der Waals surface area contributed by atoms with Gasteiger partial charge < -0.3 is 4.90 Å². The van der Waals surface area contributed by atoms with Gasteiger partial charge in [0.05, 0.1) is 21.8 Å². The van der Waals surface area contributed by atoms with E-state index < -0.39 is 0 Å². The molecule has 4 rings (SSSR count). The molecular weight excluding hydrogens is 322 g/mol. The molecule has 2 aromatic heterocycles. The molecule has 2 fully saturated rings. The molecule has 3 amide bonds. The first kappa shape index (κ1) is 14.0. The van der Waals surface area contributed by atoms with E-state index in [1.165, 1.54) is 16.2 Å². The van der Waals surface area contributed by atoms with Crippen LogP contribution in [0, 0.1) is 0 Å². The molecule has 4 heterocycles. The molecule has 0 aromatic carbocycles. The van der Waals surface area contributed by atoms with Crippen molar-refractivity contribution in [3.8, 4) is 0 Å². The molecule has 0 spiro atoms. The van der Waals surface area contributed by atoms with E-state index in [2.05, 4.69) is 4.98 Å². The minimum absolute atomic E-state index is 0.0683. The quantitative estimate of drug-likeness (QED) is 0.791. The summed E-state index contributed by atoms with van der Waals surface area (Å²) >= 11 is 7.65. The molecule has 1 unspecified atom stereocenters. The Balaban J connectivity index is 1.63. The van der Waals surface area contributed by atoms with Gasteiger partial charge in [-0.3, -0.25) is 14.7 Å². The fourth-order valence-corrected chi connectivity index (χ4v) is 4.46. The third-order valence-electron chi connectivity index (χ3n) is 4.26. The first-order valence-corrected chi connectivity index (χ1v) is 8.49. The van der Waals surface area contributed by atoms with Gasteiger partial charge in [-0.1, -0.05) is 11.6 Å². The Labute approximate surface area is 136 Å². The topological polar surface area (TPSA) is 53.5 Å². The molecule has 0 saturated carbocycles. The second-order valence-corrected chi connectivity index (χ2v) is 7.18. The molecular formula is C15H14ClN3O2S. The summed E-state index contributed by atoms with van der Waals surface area (Å²) in [6.45, 7) is 0.994. The van der Waals surface area contributed by atoms with Gasteiger partial charge >= 0.3 is 6.03 Å². The van der Waals surface area contributed by atoms with Crippen LogP contribution in [0.25, 0.3) is 10.2 Å². The van der Waals surface area contributed by atoms with Crippen molar-refractivity contribution >= 4 is 45.1 Å². The van der Waals surface area contributed by atoms with Crippen LogP contribution in [0.15, 0.2) is 18.3 Å². The minimum Gasteiger partial charge on any atom is -0.312 e. The molecule has 0 N–H and O–H groups in total. The number of carbonyl (C=O) groups is 2. The lowest BCUT2D eigenvalue weighted by molar-refractivity contribution is -0.129. The van der Waals surface area contributed by atoms with Crippen molar-refractivity contribution in [1.82, 2.24) is 14.8 Å². The van der Waals surface area contributed by atoms with Crippen LogP contribution in [0.2, 0.25) is 5.02 Å². The normalized spacial score (nSPS) is 21.8. The van der Waals surface area contributed by atoms with Crippen molar-refractivity contribution < 1.29 is 9.59 Å². The third-order valence-corrected chi connectivity index (χ3v) is 5.83. The van der Waals surface area contributed by atoms with Crippen LogP contribution in [0.5, 0.6) is 0 Å². The Hall–Kier alpha value is -1.66. The molecule has 2 aliphatic rings. The number of imide groups is 1. The van der Waals surface area contributed by atoms with Gasteiger partial charge in [-0.05, 0) is 31.4 Å². The highest BCUT2D eigenvalue weighted by Crippen LogP contribution is 2.33. The number of hydrogen-bond acceptors (Lipinski definition) is 4. The lowest BCUT2D eigenvalue weighted by Gasteiger charge is -2.26. The van der Waals surface area contributed by atoms with Gasteiger partial charge in [0.2, 0.25) is 0 Å². The van der Waals surface area contributed by atoms with Crippen LogP contribution in [0.1, 0.15) is 24.1 Å². The molecule has 114 valence electrons. The van der Waals surface area contributed by atoms with Crippen LogP contribution >= 0.6 is 22.9 Å². The van der Waals surface area contributed by atoms with Crippen molar-refractivity contribution in [2.24, 2.45) is 0 Å². The predicted octanol–water partition coefficient (Wildman–Crippen LogP) is 3.27. The Bertz CT molecular complexity index is 751. The van der Waals surface area contributed by atoms with Crippen molar-refractivity contribution in [2.75, 3.05) is 6.54 Å². The Kier molecular flexibility index (Phi) is 3.31. The summed E-state index contributed by atoms with van der Waals surface area (Å²) in [6.07, 6.45) is 4.43. The van der Waals surface area contributed by atoms with Gasteiger partial charge in [0.1, 0.15) is 6.04 Å². The fourth-order valence-electron chi connectivity index (χ4n) is 3.18. The van der Waals surface area contributed by atoms with E-state index in [0.717, 1.165) is 34.4 Å². The molecule has 2 aromatic rings. The van der Waals surface area contributed by atoms with Crippen LogP contribution in [0.3, 0.4) is 0 Å². The largest absolute Gasteiger partial charge is 0.327 e. The Morgan fingerprint density at radius 2 is 2.23 bits per heavy atom. The average Bonchev–Trinajstić information content (AvgIpc) is 3.04. The molecule has 22 heavy (non-hydrogen) atoms. The Morgan fingerprint density at radius 1 is 1.36 bits per heavy atom. The maximum atomic E-state index is 12.5. The Morgan fingerprint density at radius 3 is 3.00 bits per heavy atom. The number of pyridine rings is 1. The summed E-state index contributed by atoms with van der Waals surface area (Å²) in [4.78, 5) is 33.2. The van der Waals surface area contributed by atoms with E-state index in [9.17, 15) is 9.59 Å². The highest BCUT2D eigenvalue weighted by Gasteiger charge is 2.45. The van der Waals surface area contributed by atoms with E-state index in [-0.39, 0.29) is 18.0 Å². The van der Waals surface area contributed by atoms with Crippen molar-refractivity contribution in [2.45, 2.75) is 31.8 Å². The molecule has 0 bridgehead atoms. The van der Waals surface area contributed by atoms with Gasteiger partial charge in [-0.25, -0.2) is 4.79 Å². The summed E-state index contributed by atoms with van der Waals surface area (Å²) in [7, 11) is 0. The summed E-state index contributed by atoms with van der Waals surface area (Å²) in [5.41, 5.74) is 0.810. The monoisotopic (exact) mass is 335 g/mol. The van der Waals surface area contributed by atoms with Crippen molar-refractivity contribution in [3.63, 3.8) is 0 Å². The average molecular weight is 336 g/mol. The van der Waals surface area contributed by atoms with Crippen LogP contribution in [0.4, 0.5) is 4.79 Å². The number of thiophene rings is 1. The first-order chi connectivity index (χ1) is 10.6. The first-order valence-electron chi connectivity index (χ1n) is 7.30. The molecule has 2 saturated heterocycles. The number of amides is 3. The maximum absolute atomic E-state index is 12.5. The van der Waals surface area contributed by atoms with Gasteiger partial charge in [-0.2, -0.15) is 0 Å². The van der Waals surface area contributed by atoms with Crippen LogP contribution in [-0.4, -0.2) is 39.3 Å². The number of hydrogen-bond donors (Lipinski definition) is 0. The summed E-state index contributed by atoms with van der Waals surface area (Å²) in [5.74, 6) is -0.0683. The molecule has 2 aliphatic heterocycles. The van der Waals surface area contributed by atoms with E-state index in [4.69, 9.17) is 11.6 Å². The van der Waals surface area contributed by atoms with Gasteiger partial charge in [0.15, 0.2) is 0 Å².